The second-order valence-corrected chi connectivity index (χ2v) is 4.60. The monoisotopic (exact) mass is 202 g/mol. The van der Waals surface area contributed by atoms with Crippen LogP contribution in [-0.2, 0) is 0 Å². The van der Waals surface area contributed by atoms with E-state index < -0.39 is 0 Å². The van der Waals surface area contributed by atoms with E-state index in [0.29, 0.717) is 5.92 Å². The van der Waals surface area contributed by atoms with Crippen LogP contribution in [0.15, 0.2) is 36.4 Å². The second kappa shape index (κ2) is 3.25. The summed E-state index contributed by atoms with van der Waals surface area (Å²) >= 11 is 0. The third-order valence-electron chi connectivity index (χ3n) is 2.77. The molecule has 0 spiro atoms. The van der Waals surface area contributed by atoms with Gasteiger partial charge in [0.15, 0.2) is 0 Å². The molecule has 0 N–H and O–H groups in total. The molecule has 3 rings (SSSR count). The topological polar surface area (TPSA) is 9.23 Å². The molecule has 1 atom stereocenters. The molecule has 1 aromatic rings. The van der Waals surface area contributed by atoms with Crippen LogP contribution >= 0.6 is 8.43 Å². The van der Waals surface area contributed by atoms with E-state index in [1.807, 2.05) is 6.07 Å². The molecule has 0 amide bonds. The predicted molar refractivity (Wildman–Crippen MR) is 60.1 cm³/mol. The minimum Gasteiger partial charge on any atom is -0.439 e. The van der Waals surface area contributed by atoms with Gasteiger partial charge >= 0.3 is 0 Å². The van der Waals surface area contributed by atoms with Gasteiger partial charge in [0.05, 0.1) is 0 Å². The van der Waals surface area contributed by atoms with E-state index in [1.54, 1.807) is 0 Å². The van der Waals surface area contributed by atoms with Crippen LogP contribution in [0.3, 0.4) is 0 Å². The van der Waals surface area contributed by atoms with Gasteiger partial charge in [0, 0.05) is 16.8 Å². The molecule has 2 heteroatoms. The normalized spacial score (nSPS) is 24.3. The fraction of sp³-hybridized carbons (Fsp3) is 0.250. The van der Waals surface area contributed by atoms with Crippen molar-refractivity contribution in [2.45, 2.75) is 18.8 Å². The Bertz CT molecular complexity index is 420. The zero-order chi connectivity index (χ0) is 9.38. The number of para-hydroxylation sites is 1. The molecule has 1 nitrogen and oxygen atoms in total. The van der Waals surface area contributed by atoms with Crippen LogP contribution in [0.25, 0.3) is 0 Å². The first-order valence-corrected chi connectivity index (χ1v) is 5.76. The lowest BCUT2D eigenvalue weighted by Gasteiger charge is -2.25. The van der Waals surface area contributed by atoms with Gasteiger partial charge in [-0.3, -0.25) is 0 Å². The Morgan fingerprint density at radius 3 is 3.21 bits per heavy atom. The van der Waals surface area contributed by atoms with Gasteiger partial charge in [0.25, 0.3) is 0 Å². The molecule has 0 fully saturated rings. The quantitative estimate of drug-likeness (QED) is 0.461. The van der Waals surface area contributed by atoms with Crippen molar-refractivity contribution in [1.29, 1.82) is 0 Å². The fourth-order valence-corrected chi connectivity index (χ4v) is 2.99. The van der Waals surface area contributed by atoms with E-state index in [0.717, 1.165) is 14.2 Å². The molecule has 0 bridgehead atoms. The number of fused-ring (bicyclic) bond motifs is 3. The van der Waals surface area contributed by atoms with Gasteiger partial charge in [-0.05, 0) is 18.9 Å². The van der Waals surface area contributed by atoms with Crippen molar-refractivity contribution >= 4 is 13.7 Å². The lowest BCUT2D eigenvalue weighted by Crippen LogP contribution is -2.15. The Labute approximate surface area is 85.3 Å². The zero-order valence-corrected chi connectivity index (χ0v) is 8.71. The molecule has 0 radical (unpaired) electrons. The van der Waals surface area contributed by atoms with Crippen LogP contribution < -0.4 is 4.52 Å². The SMILES string of the molecule is C1=CC2C(=POc3ccccc32)CC1. The van der Waals surface area contributed by atoms with Gasteiger partial charge in [-0.15, -0.1) is 0 Å². The highest BCUT2D eigenvalue weighted by Crippen LogP contribution is 2.40. The summed E-state index contributed by atoms with van der Waals surface area (Å²) in [6.07, 6.45) is 6.94. The summed E-state index contributed by atoms with van der Waals surface area (Å²) in [6, 6.07) is 8.35. The minimum atomic E-state index is 0.510. The largest absolute Gasteiger partial charge is 0.439 e. The Morgan fingerprint density at radius 2 is 2.21 bits per heavy atom. The van der Waals surface area contributed by atoms with Crippen molar-refractivity contribution in [3.05, 3.63) is 42.0 Å². The summed E-state index contributed by atoms with van der Waals surface area (Å²) in [5.41, 5.74) is 1.33. The van der Waals surface area contributed by atoms with Gasteiger partial charge in [-0.2, -0.15) is 0 Å². The van der Waals surface area contributed by atoms with Crippen molar-refractivity contribution in [1.82, 2.24) is 0 Å². The molecule has 14 heavy (non-hydrogen) atoms. The molecule has 2 aliphatic rings. The highest BCUT2D eigenvalue weighted by Gasteiger charge is 2.24. The first-order chi connectivity index (χ1) is 6.95. The lowest BCUT2D eigenvalue weighted by atomic mass is 9.88. The maximum absolute atomic E-state index is 5.69. The van der Waals surface area contributed by atoms with Gasteiger partial charge in [-0.25, -0.2) is 0 Å². The lowest BCUT2D eigenvalue weighted by molar-refractivity contribution is 0.623. The first-order valence-electron chi connectivity index (χ1n) is 4.94. The summed E-state index contributed by atoms with van der Waals surface area (Å²) < 4.78 is 5.69. The Hall–Kier alpha value is -1.07. The molecule has 1 aromatic carbocycles. The van der Waals surface area contributed by atoms with Gasteiger partial charge in [0.2, 0.25) is 0 Å². The summed E-state index contributed by atoms with van der Waals surface area (Å²) in [5, 5.41) is 1.51. The van der Waals surface area contributed by atoms with Crippen molar-refractivity contribution in [2.75, 3.05) is 0 Å². The van der Waals surface area contributed by atoms with Crippen molar-refractivity contribution < 1.29 is 4.52 Å². The molecular formula is C12H11OP. The van der Waals surface area contributed by atoms with Crippen LogP contribution in [0.1, 0.15) is 24.3 Å². The molecule has 1 aliphatic carbocycles. The first kappa shape index (κ1) is 8.26. The number of rotatable bonds is 0. The summed E-state index contributed by atoms with van der Waals surface area (Å²) in [7, 11) is 1.06. The van der Waals surface area contributed by atoms with E-state index >= 15 is 0 Å². The number of benzene rings is 1. The van der Waals surface area contributed by atoms with E-state index in [-0.39, 0.29) is 0 Å². The second-order valence-electron chi connectivity index (χ2n) is 3.66. The highest BCUT2D eigenvalue weighted by molar-refractivity contribution is 7.36. The summed E-state index contributed by atoms with van der Waals surface area (Å²) in [5.74, 6) is 1.56. The fourth-order valence-electron chi connectivity index (χ4n) is 2.04. The molecule has 1 aliphatic heterocycles. The van der Waals surface area contributed by atoms with E-state index in [1.165, 1.54) is 23.7 Å². The van der Waals surface area contributed by atoms with Crippen LogP contribution in [0, 0.1) is 0 Å². The van der Waals surface area contributed by atoms with Crippen molar-refractivity contribution in [3.8, 4) is 5.75 Å². The number of hydrogen-bond donors (Lipinski definition) is 0. The molecule has 0 saturated heterocycles. The zero-order valence-electron chi connectivity index (χ0n) is 7.81. The van der Waals surface area contributed by atoms with Gasteiger partial charge < -0.3 is 4.52 Å². The predicted octanol–water partition coefficient (Wildman–Crippen LogP) is 3.55. The van der Waals surface area contributed by atoms with Crippen LogP contribution in [0.2, 0.25) is 0 Å². The number of allylic oxidation sites excluding steroid dienone is 2. The maximum Gasteiger partial charge on any atom is 0.135 e. The highest BCUT2D eigenvalue weighted by atomic mass is 31.1. The Morgan fingerprint density at radius 1 is 1.29 bits per heavy atom. The van der Waals surface area contributed by atoms with Gasteiger partial charge in [0.1, 0.15) is 14.2 Å². The summed E-state index contributed by atoms with van der Waals surface area (Å²) in [4.78, 5) is 0. The maximum atomic E-state index is 5.69. The minimum absolute atomic E-state index is 0.510. The Kier molecular flexibility index (Phi) is 1.92. The molecule has 70 valence electrons. The third kappa shape index (κ3) is 1.20. The molecule has 1 heterocycles. The van der Waals surface area contributed by atoms with Crippen LogP contribution in [0.5, 0.6) is 5.75 Å². The van der Waals surface area contributed by atoms with Crippen LogP contribution in [0.4, 0.5) is 0 Å². The standard InChI is InChI=1S/C12H11OP/c1-3-7-11-9(5-1)10-6-2-4-8-12(10)14-13-11/h1-3,5-7,10H,4,8H2. The van der Waals surface area contributed by atoms with Crippen molar-refractivity contribution in [3.63, 3.8) is 0 Å². The van der Waals surface area contributed by atoms with Crippen LogP contribution in [-0.4, -0.2) is 5.29 Å². The average molecular weight is 202 g/mol. The number of hydrogen-bond acceptors (Lipinski definition) is 1. The van der Waals surface area contributed by atoms with E-state index in [9.17, 15) is 0 Å². The molecular weight excluding hydrogens is 191 g/mol. The molecule has 0 saturated carbocycles. The van der Waals surface area contributed by atoms with E-state index in [4.69, 9.17) is 4.52 Å². The average Bonchev–Trinajstić information content (AvgIpc) is 2.29. The molecule has 1 unspecified atom stereocenters. The van der Waals surface area contributed by atoms with Crippen molar-refractivity contribution in [2.24, 2.45) is 0 Å². The van der Waals surface area contributed by atoms with E-state index in [2.05, 4.69) is 30.4 Å². The Balaban J connectivity index is 2.13. The molecule has 0 aromatic heterocycles. The smallest absolute Gasteiger partial charge is 0.135 e. The third-order valence-corrected chi connectivity index (χ3v) is 3.79. The summed E-state index contributed by atoms with van der Waals surface area (Å²) in [6.45, 7) is 0. The van der Waals surface area contributed by atoms with Gasteiger partial charge in [-0.1, -0.05) is 30.4 Å².